The van der Waals surface area contributed by atoms with Crippen molar-refractivity contribution in [2.45, 2.75) is 11.4 Å². The fraction of sp³-hybridized carbons (Fsp3) is 0.350. The standard InChI is InChI=1S/C20H27N5O3S.HI/c1-22-20(23-15-16-7-9-17(10-8-16)29(21,26)27)25-13-11-24(12-14-25)18-5-3-4-6-19(18)28-2;/h3-10H,11-15H2,1-2H3,(H,22,23)(H2,21,26,27);1H. The number of nitrogens with zero attached hydrogens (tertiary/aromatic N) is 3. The van der Waals surface area contributed by atoms with Gasteiger partial charge in [0.15, 0.2) is 5.96 Å². The molecule has 0 aliphatic carbocycles. The maximum Gasteiger partial charge on any atom is 0.238 e. The quantitative estimate of drug-likeness (QED) is 0.338. The predicted octanol–water partition coefficient (Wildman–Crippen LogP) is 1.86. The summed E-state index contributed by atoms with van der Waals surface area (Å²) in [7, 11) is -0.218. The molecule has 0 bridgehead atoms. The predicted molar refractivity (Wildman–Crippen MR) is 130 cm³/mol. The summed E-state index contributed by atoms with van der Waals surface area (Å²) in [6.45, 7) is 3.95. The number of rotatable bonds is 5. The molecule has 1 aliphatic heterocycles. The molecule has 0 spiro atoms. The maximum atomic E-state index is 11.4. The summed E-state index contributed by atoms with van der Waals surface area (Å²) in [5.41, 5.74) is 2.05. The first-order valence-corrected chi connectivity index (χ1v) is 10.9. The Labute approximate surface area is 195 Å². The summed E-state index contributed by atoms with van der Waals surface area (Å²) in [6, 6.07) is 14.6. The van der Waals surface area contributed by atoms with Gasteiger partial charge in [-0.25, -0.2) is 13.6 Å². The molecular formula is C20H28IN5O3S. The summed E-state index contributed by atoms with van der Waals surface area (Å²) >= 11 is 0. The molecule has 0 atom stereocenters. The van der Waals surface area contributed by atoms with Crippen molar-refractivity contribution in [3.8, 4) is 5.75 Å². The lowest BCUT2D eigenvalue weighted by molar-refractivity contribution is 0.367. The molecule has 0 unspecified atom stereocenters. The molecule has 1 fully saturated rings. The van der Waals surface area contributed by atoms with E-state index in [1.165, 1.54) is 12.1 Å². The number of primary sulfonamides is 1. The number of ether oxygens (including phenoxy) is 1. The van der Waals surface area contributed by atoms with Crippen LogP contribution in [0.2, 0.25) is 0 Å². The number of nitrogens with two attached hydrogens (primary N) is 1. The van der Waals surface area contributed by atoms with E-state index in [1.54, 1.807) is 26.3 Å². The number of methoxy groups -OCH3 is 1. The lowest BCUT2D eigenvalue weighted by Gasteiger charge is -2.38. The molecule has 2 aromatic carbocycles. The van der Waals surface area contributed by atoms with Crippen LogP contribution in [0.3, 0.4) is 0 Å². The molecule has 1 heterocycles. The SMILES string of the molecule is CN=C(NCc1ccc(S(N)(=O)=O)cc1)N1CCN(c2ccccc2OC)CC1.I. The van der Waals surface area contributed by atoms with Gasteiger partial charge in [-0.3, -0.25) is 4.99 Å². The first-order valence-electron chi connectivity index (χ1n) is 9.37. The number of para-hydroxylation sites is 2. The molecule has 3 rings (SSSR count). The van der Waals surface area contributed by atoms with Crippen molar-refractivity contribution in [3.63, 3.8) is 0 Å². The minimum absolute atomic E-state index is 0. The molecule has 0 radical (unpaired) electrons. The Hall–Kier alpha value is -2.05. The zero-order valence-corrected chi connectivity index (χ0v) is 20.3. The van der Waals surface area contributed by atoms with Crippen molar-refractivity contribution < 1.29 is 13.2 Å². The second-order valence-corrected chi connectivity index (χ2v) is 8.30. The highest BCUT2D eigenvalue weighted by Gasteiger charge is 2.21. The van der Waals surface area contributed by atoms with Gasteiger partial charge in [0.1, 0.15) is 5.75 Å². The highest BCUT2D eigenvalue weighted by molar-refractivity contribution is 14.0. The minimum atomic E-state index is -3.67. The highest BCUT2D eigenvalue weighted by Crippen LogP contribution is 2.28. The topological polar surface area (TPSA) is 100 Å². The van der Waals surface area contributed by atoms with Crippen molar-refractivity contribution in [2.75, 3.05) is 45.2 Å². The Kier molecular flexibility index (Phi) is 8.74. The van der Waals surface area contributed by atoms with Gasteiger partial charge in [-0.05, 0) is 29.8 Å². The molecule has 2 aromatic rings. The third-order valence-corrected chi connectivity index (χ3v) is 5.85. The molecular weight excluding hydrogens is 517 g/mol. The Bertz CT molecular complexity index is 959. The van der Waals surface area contributed by atoms with Gasteiger partial charge in [0.05, 0.1) is 17.7 Å². The number of aliphatic imine (C=N–C) groups is 1. The van der Waals surface area contributed by atoms with E-state index in [-0.39, 0.29) is 28.9 Å². The molecule has 164 valence electrons. The van der Waals surface area contributed by atoms with Crippen LogP contribution in [0.15, 0.2) is 58.4 Å². The van der Waals surface area contributed by atoms with Gasteiger partial charge in [0, 0.05) is 39.8 Å². The number of nitrogens with one attached hydrogen (secondary N) is 1. The Balaban J connectivity index is 0.00000320. The van der Waals surface area contributed by atoms with E-state index in [2.05, 4.69) is 26.2 Å². The van der Waals surface area contributed by atoms with Crippen LogP contribution in [-0.4, -0.2) is 59.6 Å². The van der Waals surface area contributed by atoms with Crippen LogP contribution in [0.1, 0.15) is 5.56 Å². The van der Waals surface area contributed by atoms with Crippen molar-refractivity contribution in [1.29, 1.82) is 0 Å². The second kappa shape index (κ2) is 10.8. The number of guanidine groups is 1. The van der Waals surface area contributed by atoms with E-state index in [0.717, 1.165) is 49.1 Å². The number of hydrogen-bond donors (Lipinski definition) is 2. The zero-order valence-electron chi connectivity index (χ0n) is 17.1. The summed E-state index contributed by atoms with van der Waals surface area (Å²) in [5, 5.41) is 8.48. The van der Waals surface area contributed by atoms with E-state index in [1.807, 2.05) is 18.2 Å². The Morgan fingerprint density at radius 1 is 1.10 bits per heavy atom. The smallest absolute Gasteiger partial charge is 0.238 e. The summed E-state index contributed by atoms with van der Waals surface area (Å²) in [5.74, 6) is 1.70. The number of anilines is 1. The number of hydrogen-bond acceptors (Lipinski definition) is 5. The average Bonchev–Trinajstić information content (AvgIpc) is 2.74. The van der Waals surface area contributed by atoms with Gasteiger partial charge in [-0.2, -0.15) is 0 Å². The number of sulfonamides is 1. The number of halogens is 1. The normalized spacial score (nSPS) is 14.8. The summed E-state index contributed by atoms with van der Waals surface area (Å²) in [4.78, 5) is 9.02. The van der Waals surface area contributed by atoms with E-state index in [9.17, 15) is 8.42 Å². The largest absolute Gasteiger partial charge is 0.495 e. The van der Waals surface area contributed by atoms with Crippen LogP contribution in [0.25, 0.3) is 0 Å². The van der Waals surface area contributed by atoms with Gasteiger partial charge >= 0.3 is 0 Å². The van der Waals surface area contributed by atoms with E-state index in [0.29, 0.717) is 6.54 Å². The Morgan fingerprint density at radius 3 is 2.30 bits per heavy atom. The highest BCUT2D eigenvalue weighted by atomic mass is 127. The van der Waals surface area contributed by atoms with Gasteiger partial charge < -0.3 is 19.9 Å². The fourth-order valence-corrected chi connectivity index (χ4v) is 3.88. The lowest BCUT2D eigenvalue weighted by atomic mass is 10.2. The molecule has 8 nitrogen and oxygen atoms in total. The monoisotopic (exact) mass is 545 g/mol. The molecule has 1 saturated heterocycles. The van der Waals surface area contributed by atoms with E-state index >= 15 is 0 Å². The third kappa shape index (κ3) is 5.99. The van der Waals surface area contributed by atoms with Crippen LogP contribution < -0.4 is 20.1 Å². The second-order valence-electron chi connectivity index (χ2n) is 6.74. The van der Waals surface area contributed by atoms with Crippen LogP contribution >= 0.6 is 24.0 Å². The average molecular weight is 545 g/mol. The molecule has 1 aliphatic rings. The maximum absolute atomic E-state index is 11.4. The lowest BCUT2D eigenvalue weighted by Crippen LogP contribution is -2.52. The van der Waals surface area contributed by atoms with Gasteiger partial charge in [-0.1, -0.05) is 24.3 Å². The third-order valence-electron chi connectivity index (χ3n) is 4.92. The van der Waals surface area contributed by atoms with Crippen LogP contribution in [0, 0.1) is 0 Å². The van der Waals surface area contributed by atoms with Crippen molar-refractivity contribution in [3.05, 3.63) is 54.1 Å². The van der Waals surface area contributed by atoms with Crippen molar-refractivity contribution in [1.82, 2.24) is 10.2 Å². The number of piperazine rings is 1. The van der Waals surface area contributed by atoms with Crippen LogP contribution in [-0.2, 0) is 16.6 Å². The molecule has 3 N–H and O–H groups in total. The summed E-state index contributed by atoms with van der Waals surface area (Å²) in [6.07, 6.45) is 0. The van der Waals surface area contributed by atoms with Crippen LogP contribution in [0.5, 0.6) is 5.75 Å². The first kappa shape index (κ1) is 24.2. The summed E-state index contributed by atoms with van der Waals surface area (Å²) < 4.78 is 28.2. The van der Waals surface area contributed by atoms with Gasteiger partial charge in [-0.15, -0.1) is 24.0 Å². The fourth-order valence-electron chi connectivity index (χ4n) is 3.36. The first-order chi connectivity index (χ1) is 13.9. The van der Waals surface area contributed by atoms with E-state index < -0.39 is 10.0 Å². The van der Waals surface area contributed by atoms with Crippen molar-refractivity contribution in [2.24, 2.45) is 10.1 Å². The van der Waals surface area contributed by atoms with Gasteiger partial charge in [0.25, 0.3) is 0 Å². The van der Waals surface area contributed by atoms with Crippen molar-refractivity contribution >= 4 is 45.6 Å². The Morgan fingerprint density at radius 2 is 1.73 bits per heavy atom. The van der Waals surface area contributed by atoms with E-state index in [4.69, 9.17) is 9.88 Å². The van der Waals surface area contributed by atoms with Gasteiger partial charge in [0.2, 0.25) is 10.0 Å². The molecule has 0 saturated carbocycles. The molecule has 30 heavy (non-hydrogen) atoms. The molecule has 0 amide bonds. The molecule has 0 aromatic heterocycles. The minimum Gasteiger partial charge on any atom is -0.495 e. The number of benzene rings is 2. The van der Waals surface area contributed by atoms with Crippen LogP contribution in [0.4, 0.5) is 5.69 Å². The molecule has 10 heteroatoms. The zero-order chi connectivity index (χ0) is 20.9.